The van der Waals surface area contributed by atoms with Crippen molar-refractivity contribution in [2.24, 2.45) is 5.10 Å². The third kappa shape index (κ3) is 4.22. The Balaban J connectivity index is 1.25. The molecule has 182 valence electrons. The second-order valence-corrected chi connectivity index (χ2v) is 8.70. The number of pyridine rings is 1. The number of ether oxygens (including phenoxy) is 1. The van der Waals surface area contributed by atoms with Crippen molar-refractivity contribution in [3.8, 4) is 11.6 Å². The first-order valence-electron chi connectivity index (χ1n) is 11.1. The zero-order chi connectivity index (χ0) is 24.9. The molecule has 2 aromatic heterocycles. The molecule has 1 saturated heterocycles. The number of aromatic nitrogens is 3. The summed E-state index contributed by atoms with van der Waals surface area (Å²) in [6.07, 6.45) is 2.54. The van der Waals surface area contributed by atoms with Gasteiger partial charge in [-0.05, 0) is 44.0 Å². The highest BCUT2D eigenvalue weighted by Gasteiger charge is 2.39. The molecule has 1 fully saturated rings. The maximum atomic E-state index is 14.4. The Hall–Kier alpha value is -3.89. The van der Waals surface area contributed by atoms with E-state index in [1.165, 1.54) is 34.3 Å². The van der Waals surface area contributed by atoms with E-state index in [9.17, 15) is 18.0 Å². The molecule has 1 aromatic carbocycles. The van der Waals surface area contributed by atoms with E-state index in [1.807, 2.05) is 20.8 Å². The summed E-state index contributed by atoms with van der Waals surface area (Å²) in [5.41, 5.74) is 3.10. The van der Waals surface area contributed by atoms with Crippen molar-refractivity contribution in [3.05, 3.63) is 70.4 Å². The Morgan fingerprint density at radius 1 is 1.06 bits per heavy atom. The maximum absolute atomic E-state index is 14.4. The summed E-state index contributed by atoms with van der Waals surface area (Å²) in [6, 6.07) is 3.64. The third-order valence-electron chi connectivity index (χ3n) is 6.38. The number of amides is 2. The Bertz CT molecular complexity index is 1310. The lowest BCUT2D eigenvalue weighted by atomic mass is 10.0. The van der Waals surface area contributed by atoms with Crippen molar-refractivity contribution in [3.63, 3.8) is 0 Å². The lowest BCUT2D eigenvalue weighted by molar-refractivity contribution is 0.0256. The predicted molar refractivity (Wildman–Crippen MR) is 121 cm³/mol. The molecule has 0 saturated carbocycles. The fraction of sp³-hybridized carbons (Fsp3) is 0.333. The Labute approximate surface area is 199 Å². The standard InChI is InChI=1S/C24H23F3N6O2/c1-13-14(2)30-32(15(13)3)23-9-22(20(27)10-28-23)35-19-11-31(12-19)24(34)33-21(4-5-29-33)16-6-17(25)8-18(26)7-16/h5-10,19,21H,4,11-12H2,1-3H3/t21-/m0/s1. The number of carbonyl (C=O) groups is 1. The van der Waals surface area contributed by atoms with E-state index in [0.29, 0.717) is 17.8 Å². The summed E-state index contributed by atoms with van der Waals surface area (Å²) in [5, 5.41) is 9.75. The maximum Gasteiger partial charge on any atom is 0.341 e. The number of hydrogen-bond acceptors (Lipinski definition) is 5. The van der Waals surface area contributed by atoms with E-state index in [4.69, 9.17) is 4.74 Å². The second-order valence-electron chi connectivity index (χ2n) is 8.70. The first kappa shape index (κ1) is 22.9. The van der Waals surface area contributed by atoms with Gasteiger partial charge >= 0.3 is 6.03 Å². The van der Waals surface area contributed by atoms with E-state index in [2.05, 4.69) is 15.2 Å². The number of hydrogen-bond donors (Lipinski definition) is 0. The van der Waals surface area contributed by atoms with Crippen molar-refractivity contribution >= 4 is 12.2 Å². The predicted octanol–water partition coefficient (Wildman–Crippen LogP) is 4.23. The number of rotatable bonds is 4. The minimum atomic E-state index is -0.717. The number of carbonyl (C=O) groups excluding carboxylic acids is 1. The van der Waals surface area contributed by atoms with Gasteiger partial charge in [-0.25, -0.2) is 32.6 Å². The molecule has 0 spiro atoms. The van der Waals surface area contributed by atoms with Crippen LogP contribution in [0.1, 0.15) is 35.0 Å². The number of hydrazone groups is 1. The third-order valence-corrected chi connectivity index (χ3v) is 6.38. The van der Waals surface area contributed by atoms with E-state index in [-0.39, 0.29) is 18.8 Å². The zero-order valence-corrected chi connectivity index (χ0v) is 19.4. The van der Waals surface area contributed by atoms with Gasteiger partial charge in [0.05, 0.1) is 31.0 Å². The molecule has 1 atom stereocenters. The van der Waals surface area contributed by atoms with Gasteiger partial charge in [0.25, 0.3) is 0 Å². The number of urea groups is 1. The molecule has 0 N–H and O–H groups in total. The number of likely N-dealkylation sites (tertiary alicyclic amines) is 1. The van der Waals surface area contributed by atoms with Crippen molar-refractivity contribution in [2.45, 2.75) is 39.3 Å². The summed E-state index contributed by atoms with van der Waals surface area (Å²) in [5.74, 6) is -1.60. The second kappa shape index (κ2) is 8.71. The van der Waals surface area contributed by atoms with Crippen LogP contribution in [0, 0.1) is 38.2 Å². The van der Waals surface area contributed by atoms with Crippen molar-refractivity contribution in [1.82, 2.24) is 24.7 Å². The molecule has 2 amide bonds. The minimum Gasteiger partial charge on any atom is -0.483 e. The average Bonchev–Trinajstić information content (AvgIpc) is 3.37. The quantitative estimate of drug-likeness (QED) is 0.556. The van der Waals surface area contributed by atoms with Crippen molar-refractivity contribution < 1.29 is 22.7 Å². The molecule has 2 aliphatic heterocycles. The molecule has 3 aromatic rings. The normalized spacial score (nSPS) is 17.7. The molecule has 35 heavy (non-hydrogen) atoms. The monoisotopic (exact) mass is 484 g/mol. The Kier molecular flexibility index (Phi) is 5.70. The van der Waals surface area contributed by atoms with Crippen LogP contribution in [0.15, 0.2) is 35.6 Å². The average molecular weight is 484 g/mol. The summed E-state index contributed by atoms with van der Waals surface area (Å²) in [4.78, 5) is 18.6. The van der Waals surface area contributed by atoms with E-state index in [0.717, 1.165) is 29.2 Å². The number of nitrogens with zero attached hydrogens (tertiary/aromatic N) is 6. The fourth-order valence-corrected chi connectivity index (χ4v) is 4.20. The topological polar surface area (TPSA) is 75.8 Å². The van der Waals surface area contributed by atoms with Gasteiger partial charge < -0.3 is 9.64 Å². The van der Waals surface area contributed by atoms with Crippen LogP contribution >= 0.6 is 0 Å². The van der Waals surface area contributed by atoms with Gasteiger partial charge in [-0.2, -0.15) is 10.2 Å². The summed E-state index contributed by atoms with van der Waals surface area (Å²) in [6.45, 7) is 6.17. The van der Waals surface area contributed by atoms with Gasteiger partial charge in [-0.3, -0.25) is 0 Å². The summed E-state index contributed by atoms with van der Waals surface area (Å²) < 4.78 is 49.2. The van der Waals surface area contributed by atoms with Gasteiger partial charge in [0.1, 0.15) is 17.7 Å². The number of benzene rings is 1. The molecule has 5 rings (SSSR count). The van der Waals surface area contributed by atoms with E-state index < -0.39 is 35.6 Å². The first-order valence-corrected chi connectivity index (χ1v) is 11.1. The number of halogens is 3. The molecule has 0 unspecified atom stereocenters. The molecule has 0 aliphatic carbocycles. The molecule has 0 radical (unpaired) electrons. The number of aryl methyl sites for hydroxylation is 1. The van der Waals surface area contributed by atoms with Gasteiger partial charge in [-0.15, -0.1) is 0 Å². The van der Waals surface area contributed by atoms with Crippen LogP contribution in [-0.4, -0.2) is 56.1 Å². The SMILES string of the molecule is Cc1nn(-c2cc(OC3CN(C(=O)N4N=CC[C@H]4c4cc(F)cc(F)c4)C3)c(F)cn2)c(C)c1C. The molecule has 4 heterocycles. The molecule has 8 nitrogen and oxygen atoms in total. The first-order chi connectivity index (χ1) is 16.7. The largest absolute Gasteiger partial charge is 0.483 e. The molecule has 11 heteroatoms. The van der Waals surface area contributed by atoms with Gasteiger partial charge in [0, 0.05) is 30.5 Å². The zero-order valence-electron chi connectivity index (χ0n) is 19.4. The molecular weight excluding hydrogens is 461 g/mol. The van der Waals surface area contributed by atoms with E-state index in [1.54, 1.807) is 4.68 Å². The molecule has 2 aliphatic rings. The van der Waals surface area contributed by atoms with E-state index >= 15 is 0 Å². The van der Waals surface area contributed by atoms with Crippen LogP contribution in [0.25, 0.3) is 5.82 Å². The van der Waals surface area contributed by atoms with Gasteiger partial charge in [-0.1, -0.05) is 0 Å². The van der Waals surface area contributed by atoms with Crippen LogP contribution in [0.3, 0.4) is 0 Å². The van der Waals surface area contributed by atoms with Crippen LogP contribution in [0.4, 0.5) is 18.0 Å². The Morgan fingerprint density at radius 3 is 2.43 bits per heavy atom. The van der Waals surface area contributed by atoms with Crippen LogP contribution in [0.5, 0.6) is 5.75 Å². The Morgan fingerprint density at radius 2 is 1.77 bits per heavy atom. The lowest BCUT2D eigenvalue weighted by Gasteiger charge is -2.41. The van der Waals surface area contributed by atoms with Crippen molar-refractivity contribution in [1.29, 1.82) is 0 Å². The smallest absolute Gasteiger partial charge is 0.341 e. The van der Waals surface area contributed by atoms with Crippen LogP contribution < -0.4 is 4.74 Å². The lowest BCUT2D eigenvalue weighted by Crippen LogP contribution is -2.58. The van der Waals surface area contributed by atoms with Gasteiger partial charge in [0.15, 0.2) is 17.4 Å². The van der Waals surface area contributed by atoms with Crippen LogP contribution in [0.2, 0.25) is 0 Å². The fourth-order valence-electron chi connectivity index (χ4n) is 4.20. The van der Waals surface area contributed by atoms with Crippen molar-refractivity contribution in [2.75, 3.05) is 13.1 Å². The minimum absolute atomic E-state index is 0.0182. The van der Waals surface area contributed by atoms with Crippen LogP contribution in [-0.2, 0) is 0 Å². The summed E-state index contributed by atoms with van der Waals surface area (Å²) >= 11 is 0. The highest BCUT2D eigenvalue weighted by atomic mass is 19.1. The van der Waals surface area contributed by atoms with Gasteiger partial charge in [0.2, 0.25) is 0 Å². The molecular formula is C24H23F3N6O2. The summed E-state index contributed by atoms with van der Waals surface area (Å²) in [7, 11) is 0. The molecule has 0 bridgehead atoms. The highest BCUT2D eigenvalue weighted by molar-refractivity contribution is 5.79. The highest BCUT2D eigenvalue weighted by Crippen LogP contribution is 2.32.